The lowest BCUT2D eigenvalue weighted by Gasteiger charge is -2.08. The van der Waals surface area contributed by atoms with Gasteiger partial charge in [-0.15, -0.1) is 11.3 Å². The van der Waals surface area contributed by atoms with Crippen LogP contribution in [0.3, 0.4) is 0 Å². The molecule has 0 amide bonds. The molecule has 1 aliphatic rings. The maximum absolute atomic E-state index is 10.4. The van der Waals surface area contributed by atoms with Crippen LogP contribution in [0.25, 0.3) is 0 Å². The molecule has 0 aliphatic carbocycles. The molecule has 1 N–H and O–H groups in total. The molecule has 0 spiro atoms. The first-order valence-electron chi connectivity index (χ1n) is 4.89. The summed E-state index contributed by atoms with van der Waals surface area (Å²) in [5.74, 6) is -0.814. The summed E-state index contributed by atoms with van der Waals surface area (Å²) in [6.07, 6.45) is 0.0509. The van der Waals surface area contributed by atoms with E-state index in [-0.39, 0.29) is 12.5 Å². The molecule has 0 saturated carbocycles. The highest BCUT2D eigenvalue weighted by Crippen LogP contribution is 2.34. The summed E-state index contributed by atoms with van der Waals surface area (Å²) in [5.41, 5.74) is 0. The number of aliphatic carboxylic acids is 1. The number of thiophene rings is 1. The summed E-state index contributed by atoms with van der Waals surface area (Å²) in [6, 6.07) is 3.65. The molecule has 2 rings (SSSR count). The third kappa shape index (κ3) is 2.95. The summed E-state index contributed by atoms with van der Waals surface area (Å²) in [6.45, 7) is 0.438. The summed E-state index contributed by atoms with van der Waals surface area (Å²) < 4.78 is 11.7. The van der Waals surface area contributed by atoms with E-state index >= 15 is 0 Å². The van der Waals surface area contributed by atoms with Crippen LogP contribution in [0.4, 0.5) is 0 Å². The highest BCUT2D eigenvalue weighted by Gasteiger charge is 2.28. The van der Waals surface area contributed by atoms with Crippen LogP contribution >= 0.6 is 22.9 Å². The second kappa shape index (κ2) is 5.14. The molecule has 2 heterocycles. The fourth-order valence-electron chi connectivity index (χ4n) is 1.49. The molecule has 1 aromatic heterocycles. The summed E-state index contributed by atoms with van der Waals surface area (Å²) in [4.78, 5) is 11.3. The van der Waals surface area contributed by atoms with Crippen LogP contribution in [0, 0.1) is 0 Å². The Labute approximate surface area is 102 Å². The zero-order chi connectivity index (χ0) is 11.5. The number of rotatable bonds is 4. The summed E-state index contributed by atoms with van der Waals surface area (Å²) in [5, 5.41) is 8.55. The van der Waals surface area contributed by atoms with Gasteiger partial charge in [0, 0.05) is 6.42 Å². The average molecular weight is 263 g/mol. The topological polar surface area (TPSA) is 55.8 Å². The lowest BCUT2D eigenvalue weighted by Crippen LogP contribution is -2.11. The normalized spacial score (nSPS) is 24.8. The number of carboxylic acids is 1. The monoisotopic (exact) mass is 262 g/mol. The number of ether oxygens (including phenoxy) is 2. The first-order chi connectivity index (χ1) is 7.65. The molecule has 2 unspecified atom stereocenters. The molecular formula is C10H11ClO4S. The predicted octanol–water partition coefficient (Wildman–Crippen LogP) is 2.68. The van der Waals surface area contributed by atoms with Crippen LogP contribution < -0.4 is 0 Å². The van der Waals surface area contributed by atoms with E-state index in [2.05, 4.69) is 0 Å². The van der Waals surface area contributed by atoms with E-state index < -0.39 is 12.3 Å². The molecule has 0 radical (unpaired) electrons. The Morgan fingerprint density at radius 1 is 1.62 bits per heavy atom. The number of hydrogen-bond acceptors (Lipinski definition) is 4. The molecular weight excluding hydrogens is 252 g/mol. The highest BCUT2D eigenvalue weighted by molar-refractivity contribution is 7.16. The molecule has 1 fully saturated rings. The van der Waals surface area contributed by atoms with E-state index in [0.717, 1.165) is 4.88 Å². The van der Waals surface area contributed by atoms with Crippen molar-refractivity contribution in [1.82, 2.24) is 0 Å². The zero-order valence-corrected chi connectivity index (χ0v) is 9.96. The molecule has 88 valence electrons. The van der Waals surface area contributed by atoms with Crippen molar-refractivity contribution in [3.8, 4) is 0 Å². The zero-order valence-electron chi connectivity index (χ0n) is 8.39. The number of carboxylic acid groups (broad SMARTS) is 1. The van der Waals surface area contributed by atoms with Gasteiger partial charge in [0.1, 0.15) is 0 Å². The Balaban J connectivity index is 1.86. The fraction of sp³-hybridized carbons (Fsp3) is 0.500. The molecule has 1 saturated heterocycles. The second-order valence-electron chi connectivity index (χ2n) is 3.50. The van der Waals surface area contributed by atoms with E-state index in [1.54, 1.807) is 6.07 Å². The van der Waals surface area contributed by atoms with E-state index in [0.29, 0.717) is 17.4 Å². The first kappa shape index (κ1) is 11.9. The van der Waals surface area contributed by atoms with Crippen LogP contribution in [0.1, 0.15) is 24.0 Å². The minimum absolute atomic E-state index is 0.103. The minimum atomic E-state index is -0.814. The first-order valence-corrected chi connectivity index (χ1v) is 6.08. The summed E-state index contributed by atoms with van der Waals surface area (Å²) in [7, 11) is 0. The van der Waals surface area contributed by atoms with Gasteiger partial charge in [-0.1, -0.05) is 11.6 Å². The SMILES string of the molecule is O=C(O)CCC1COC(c2ccc(Cl)s2)O1. The van der Waals surface area contributed by atoms with Gasteiger partial charge in [-0.3, -0.25) is 4.79 Å². The van der Waals surface area contributed by atoms with Gasteiger partial charge in [0.25, 0.3) is 0 Å². The van der Waals surface area contributed by atoms with Crippen molar-refractivity contribution in [2.24, 2.45) is 0 Å². The molecule has 4 nitrogen and oxygen atoms in total. The molecule has 1 aromatic rings. The molecule has 0 bridgehead atoms. The predicted molar refractivity (Wildman–Crippen MR) is 59.8 cm³/mol. The Bertz CT molecular complexity index is 379. The maximum atomic E-state index is 10.4. The van der Waals surface area contributed by atoms with Gasteiger partial charge in [-0.05, 0) is 18.6 Å². The van der Waals surface area contributed by atoms with Gasteiger partial charge in [0.05, 0.1) is 21.9 Å². The minimum Gasteiger partial charge on any atom is -0.481 e. The van der Waals surface area contributed by atoms with Gasteiger partial charge in [-0.2, -0.15) is 0 Å². The smallest absolute Gasteiger partial charge is 0.303 e. The summed E-state index contributed by atoms with van der Waals surface area (Å²) >= 11 is 7.22. The highest BCUT2D eigenvalue weighted by atomic mass is 35.5. The largest absolute Gasteiger partial charge is 0.481 e. The molecule has 0 aromatic carbocycles. The quantitative estimate of drug-likeness (QED) is 0.906. The molecule has 2 atom stereocenters. The Morgan fingerprint density at radius 2 is 2.44 bits per heavy atom. The van der Waals surface area contributed by atoms with Gasteiger partial charge in [0.2, 0.25) is 0 Å². The fourth-order valence-corrected chi connectivity index (χ4v) is 2.54. The number of hydrogen-bond donors (Lipinski definition) is 1. The second-order valence-corrected chi connectivity index (χ2v) is 5.24. The van der Waals surface area contributed by atoms with E-state index in [4.69, 9.17) is 26.2 Å². The van der Waals surface area contributed by atoms with Crippen molar-refractivity contribution < 1.29 is 19.4 Å². The van der Waals surface area contributed by atoms with Crippen molar-refractivity contribution in [1.29, 1.82) is 0 Å². The van der Waals surface area contributed by atoms with E-state index in [1.165, 1.54) is 11.3 Å². The van der Waals surface area contributed by atoms with Gasteiger partial charge in [0.15, 0.2) is 6.29 Å². The third-order valence-corrected chi connectivity index (χ3v) is 3.51. The number of carbonyl (C=O) groups is 1. The lowest BCUT2D eigenvalue weighted by atomic mass is 10.2. The standard InChI is InChI=1S/C10H11ClO4S/c11-8-3-2-7(16-8)10-14-5-6(15-10)1-4-9(12)13/h2-3,6,10H,1,4-5H2,(H,12,13). The van der Waals surface area contributed by atoms with E-state index in [9.17, 15) is 4.79 Å². The Morgan fingerprint density at radius 3 is 3.06 bits per heavy atom. The van der Waals surface area contributed by atoms with Gasteiger partial charge < -0.3 is 14.6 Å². The van der Waals surface area contributed by atoms with Gasteiger partial charge >= 0.3 is 5.97 Å². The lowest BCUT2D eigenvalue weighted by molar-refractivity contribution is -0.137. The van der Waals surface area contributed by atoms with Crippen LogP contribution in [0.5, 0.6) is 0 Å². The third-order valence-electron chi connectivity index (χ3n) is 2.26. The van der Waals surface area contributed by atoms with E-state index in [1.807, 2.05) is 6.07 Å². The Kier molecular flexibility index (Phi) is 3.81. The number of halogens is 1. The Hall–Kier alpha value is -0.620. The van der Waals surface area contributed by atoms with Crippen LogP contribution in [-0.2, 0) is 14.3 Å². The van der Waals surface area contributed by atoms with Crippen molar-refractivity contribution >= 4 is 28.9 Å². The van der Waals surface area contributed by atoms with Crippen molar-refractivity contribution in [3.63, 3.8) is 0 Å². The average Bonchev–Trinajstić information content (AvgIpc) is 2.83. The molecule has 1 aliphatic heterocycles. The van der Waals surface area contributed by atoms with Crippen LogP contribution in [0.15, 0.2) is 12.1 Å². The molecule has 16 heavy (non-hydrogen) atoms. The molecule has 6 heteroatoms. The maximum Gasteiger partial charge on any atom is 0.303 e. The van der Waals surface area contributed by atoms with Crippen molar-refractivity contribution in [2.45, 2.75) is 25.2 Å². The van der Waals surface area contributed by atoms with Gasteiger partial charge in [-0.25, -0.2) is 0 Å². The van der Waals surface area contributed by atoms with Crippen LogP contribution in [0.2, 0.25) is 4.34 Å². The van der Waals surface area contributed by atoms with Crippen molar-refractivity contribution in [3.05, 3.63) is 21.3 Å². The van der Waals surface area contributed by atoms with Crippen molar-refractivity contribution in [2.75, 3.05) is 6.61 Å². The van der Waals surface area contributed by atoms with Crippen LogP contribution in [-0.4, -0.2) is 23.8 Å².